The van der Waals surface area contributed by atoms with E-state index in [1.54, 1.807) is 44.4 Å². The lowest BCUT2D eigenvalue weighted by atomic mass is 9.93. The van der Waals surface area contributed by atoms with Gasteiger partial charge in [0.1, 0.15) is 11.6 Å². The second-order valence-corrected chi connectivity index (χ2v) is 8.04. The van der Waals surface area contributed by atoms with E-state index in [0.717, 1.165) is 0 Å². The number of fused-ring (bicyclic) bond motifs is 1. The van der Waals surface area contributed by atoms with Gasteiger partial charge >= 0.3 is 5.97 Å². The van der Waals surface area contributed by atoms with Crippen molar-refractivity contribution >= 4 is 28.8 Å². The van der Waals surface area contributed by atoms with E-state index in [-0.39, 0.29) is 25.5 Å². The van der Waals surface area contributed by atoms with Crippen LogP contribution in [0.15, 0.2) is 74.4 Å². The second kappa shape index (κ2) is 9.44. The molecule has 1 atom stereocenters. The summed E-state index contributed by atoms with van der Waals surface area (Å²) in [4.78, 5) is 31.8. The third-order valence-corrected chi connectivity index (χ3v) is 5.93. The van der Waals surface area contributed by atoms with Gasteiger partial charge in [-0.05, 0) is 49.1 Å². The van der Waals surface area contributed by atoms with E-state index in [4.69, 9.17) is 9.15 Å². The normalized spacial score (nSPS) is 17.6. The minimum Gasteiger partial charge on any atom is -0.467 e. The number of amides is 1. The van der Waals surface area contributed by atoms with Gasteiger partial charge in [0.2, 0.25) is 5.91 Å². The third kappa shape index (κ3) is 4.47. The van der Waals surface area contributed by atoms with Crippen molar-refractivity contribution in [2.45, 2.75) is 32.9 Å². The molecule has 9 heteroatoms. The summed E-state index contributed by atoms with van der Waals surface area (Å²) < 4.78 is 24.6. The molecular weight excluding hydrogens is 433 g/mol. The van der Waals surface area contributed by atoms with Gasteiger partial charge < -0.3 is 19.4 Å². The molecule has 2 aliphatic rings. The predicted molar refractivity (Wildman–Crippen MR) is 119 cm³/mol. The first-order chi connectivity index (χ1) is 15.5. The molecule has 0 spiro atoms. The Hall–Kier alpha value is -3.33. The van der Waals surface area contributed by atoms with Crippen molar-refractivity contribution in [3.8, 4) is 0 Å². The highest BCUT2D eigenvalue weighted by Crippen LogP contribution is 2.44. The molecule has 0 unspecified atom stereocenters. The Labute approximate surface area is 189 Å². The van der Waals surface area contributed by atoms with Crippen LogP contribution in [0.2, 0.25) is 0 Å². The number of rotatable bonds is 7. The van der Waals surface area contributed by atoms with Gasteiger partial charge in [-0.1, -0.05) is 23.9 Å². The summed E-state index contributed by atoms with van der Waals surface area (Å²) >= 11 is 1.36. The number of amidine groups is 1. The molecule has 4 rings (SSSR count). The van der Waals surface area contributed by atoms with Crippen LogP contribution in [0, 0.1) is 5.82 Å². The van der Waals surface area contributed by atoms with Gasteiger partial charge in [0.25, 0.3) is 0 Å². The maximum atomic E-state index is 14.1. The van der Waals surface area contributed by atoms with E-state index in [9.17, 15) is 14.0 Å². The molecule has 32 heavy (non-hydrogen) atoms. The average molecular weight is 456 g/mol. The number of carbonyl (C=O) groups excluding carboxylic acids is 2. The number of hydrogen-bond donors (Lipinski definition) is 1. The summed E-state index contributed by atoms with van der Waals surface area (Å²) in [7, 11) is 0. The Morgan fingerprint density at radius 2 is 2.16 bits per heavy atom. The molecule has 166 valence electrons. The summed E-state index contributed by atoms with van der Waals surface area (Å²) in [6.07, 6.45) is 1.61. The molecule has 0 saturated carbocycles. The molecule has 1 amide bonds. The highest BCUT2D eigenvalue weighted by Gasteiger charge is 2.41. The lowest BCUT2D eigenvalue weighted by Crippen LogP contribution is -2.38. The van der Waals surface area contributed by atoms with Crippen molar-refractivity contribution in [1.82, 2.24) is 10.2 Å². The number of carbonyl (C=O) groups is 2. The van der Waals surface area contributed by atoms with Crippen LogP contribution in [0.25, 0.3) is 0 Å². The quantitative estimate of drug-likeness (QED) is 0.628. The van der Waals surface area contributed by atoms with Gasteiger partial charge in [0.15, 0.2) is 5.17 Å². The fraction of sp³-hybridized carbons (Fsp3) is 0.261. The van der Waals surface area contributed by atoms with Gasteiger partial charge in [-0.15, -0.1) is 0 Å². The number of nitrogens with zero attached hydrogens (tertiary/aromatic N) is 2. The smallest absolute Gasteiger partial charge is 0.338 e. The molecule has 1 aromatic heterocycles. The molecule has 2 aromatic rings. The fourth-order valence-corrected chi connectivity index (χ4v) is 4.62. The van der Waals surface area contributed by atoms with Crippen molar-refractivity contribution in [3.05, 3.63) is 82.2 Å². The van der Waals surface area contributed by atoms with Crippen molar-refractivity contribution in [2.24, 2.45) is 4.99 Å². The average Bonchev–Trinajstić information content (AvgIpc) is 3.41. The minimum absolute atomic E-state index is 0.0632. The Morgan fingerprint density at radius 3 is 2.88 bits per heavy atom. The van der Waals surface area contributed by atoms with Crippen LogP contribution in [0.3, 0.4) is 0 Å². The number of furan rings is 1. The van der Waals surface area contributed by atoms with Crippen LogP contribution in [0.1, 0.15) is 37.6 Å². The third-order valence-electron chi connectivity index (χ3n) is 5.04. The van der Waals surface area contributed by atoms with Gasteiger partial charge in [-0.2, -0.15) is 0 Å². The molecule has 0 bridgehead atoms. The second-order valence-electron chi connectivity index (χ2n) is 7.20. The lowest BCUT2D eigenvalue weighted by molar-refractivity contribution is -0.139. The Morgan fingerprint density at radius 1 is 1.31 bits per heavy atom. The zero-order valence-corrected chi connectivity index (χ0v) is 18.4. The standard InChI is InChI=1S/C23H22FN3O4S/c1-3-30-22(29)20-14(2)26-23-27(21(20)15-6-4-7-16(24)10-15)17(13-32-23)11-19(28)25-12-18-8-5-9-31-18/h4-10,13,21H,3,11-12H2,1-2H3,(H,25,28)/t21-/m0/s1. The van der Waals surface area contributed by atoms with Crippen LogP contribution >= 0.6 is 11.8 Å². The van der Waals surface area contributed by atoms with Crippen LogP contribution < -0.4 is 5.32 Å². The number of nitrogens with one attached hydrogen (secondary N) is 1. The summed E-state index contributed by atoms with van der Waals surface area (Å²) in [6, 6.07) is 8.95. The number of benzene rings is 1. The monoisotopic (exact) mass is 455 g/mol. The van der Waals surface area contributed by atoms with E-state index in [1.165, 1.54) is 23.9 Å². The van der Waals surface area contributed by atoms with Crippen LogP contribution in [-0.2, 0) is 20.9 Å². The van der Waals surface area contributed by atoms with E-state index >= 15 is 0 Å². The number of allylic oxidation sites excluding steroid dienone is 1. The number of aliphatic imine (C=N–C) groups is 1. The number of hydrogen-bond acceptors (Lipinski definition) is 7. The molecule has 1 N–H and O–H groups in total. The highest BCUT2D eigenvalue weighted by molar-refractivity contribution is 8.16. The van der Waals surface area contributed by atoms with Crippen LogP contribution in [0.5, 0.6) is 0 Å². The Balaban J connectivity index is 1.63. The number of halogens is 1. The van der Waals surface area contributed by atoms with E-state index < -0.39 is 17.8 Å². The van der Waals surface area contributed by atoms with Crippen molar-refractivity contribution in [3.63, 3.8) is 0 Å². The van der Waals surface area contributed by atoms with Crippen molar-refractivity contribution in [1.29, 1.82) is 0 Å². The first-order valence-electron chi connectivity index (χ1n) is 10.1. The zero-order valence-electron chi connectivity index (χ0n) is 17.6. The summed E-state index contributed by atoms with van der Waals surface area (Å²) in [5.74, 6) is -0.493. The predicted octanol–water partition coefficient (Wildman–Crippen LogP) is 4.26. The van der Waals surface area contributed by atoms with E-state index in [1.807, 2.05) is 10.3 Å². The molecule has 0 aliphatic carbocycles. The summed E-state index contributed by atoms with van der Waals surface area (Å²) in [6.45, 7) is 3.93. The molecule has 2 aliphatic heterocycles. The molecule has 0 radical (unpaired) electrons. The lowest BCUT2D eigenvalue weighted by Gasteiger charge is -2.36. The maximum Gasteiger partial charge on any atom is 0.338 e. The fourth-order valence-electron chi connectivity index (χ4n) is 3.66. The van der Waals surface area contributed by atoms with Crippen LogP contribution in [-0.4, -0.2) is 28.6 Å². The first-order valence-corrected chi connectivity index (χ1v) is 11.0. The molecule has 1 aromatic carbocycles. The number of ether oxygens (including phenoxy) is 1. The van der Waals surface area contributed by atoms with Gasteiger partial charge in [0.05, 0.1) is 43.1 Å². The zero-order chi connectivity index (χ0) is 22.7. The largest absolute Gasteiger partial charge is 0.467 e. The topological polar surface area (TPSA) is 84.1 Å². The number of thioether (sulfide) groups is 1. The maximum absolute atomic E-state index is 14.1. The summed E-state index contributed by atoms with van der Waals surface area (Å²) in [5.41, 5.74) is 2.07. The Kier molecular flexibility index (Phi) is 6.45. The molecule has 0 fully saturated rings. The molecular formula is C23H22FN3O4S. The van der Waals surface area contributed by atoms with Gasteiger partial charge in [0, 0.05) is 5.70 Å². The first kappa shape index (κ1) is 21.9. The van der Waals surface area contributed by atoms with E-state index in [0.29, 0.717) is 33.5 Å². The molecule has 0 saturated heterocycles. The highest BCUT2D eigenvalue weighted by atomic mass is 32.2. The van der Waals surface area contributed by atoms with E-state index in [2.05, 4.69) is 10.3 Å². The molecule has 7 nitrogen and oxygen atoms in total. The minimum atomic E-state index is -0.656. The van der Waals surface area contributed by atoms with Crippen molar-refractivity contribution < 1.29 is 23.1 Å². The van der Waals surface area contributed by atoms with Crippen LogP contribution in [0.4, 0.5) is 4.39 Å². The molecule has 3 heterocycles. The SMILES string of the molecule is CCOC(=O)C1=C(C)N=C2SC=C(CC(=O)NCc3ccco3)N2[C@H]1c1cccc(F)c1. The van der Waals surface area contributed by atoms with Gasteiger partial charge in [-0.3, -0.25) is 4.79 Å². The summed E-state index contributed by atoms with van der Waals surface area (Å²) in [5, 5.41) is 5.28. The number of esters is 1. The van der Waals surface area contributed by atoms with Crippen molar-refractivity contribution in [2.75, 3.05) is 6.61 Å². The Bertz CT molecular complexity index is 1120. The van der Waals surface area contributed by atoms with Gasteiger partial charge in [-0.25, -0.2) is 14.2 Å².